The third-order valence-corrected chi connectivity index (χ3v) is 11.8. The van der Waals surface area contributed by atoms with Crippen molar-refractivity contribution in [2.75, 3.05) is 66.1 Å². The normalized spacial score (nSPS) is 11.9. The highest BCUT2D eigenvalue weighted by Gasteiger charge is 2.24. The molecule has 0 saturated heterocycles. The molecule has 0 amide bonds. The molecule has 0 N–H and O–H groups in total. The van der Waals surface area contributed by atoms with Crippen LogP contribution in [0.5, 0.6) is 57.5 Å². The predicted octanol–water partition coefficient (Wildman–Crippen LogP) is 14.1. The topological polar surface area (TPSA) is 92.3 Å². The highest BCUT2D eigenvalue weighted by molar-refractivity contribution is 5.59. The van der Waals surface area contributed by atoms with Gasteiger partial charge in [0.1, 0.15) is 57.5 Å². The number of hydrogen-bond acceptors (Lipinski definition) is 10. The van der Waals surface area contributed by atoms with Crippen LogP contribution in [-0.2, 0) is 32.1 Å². The maximum atomic E-state index is 6.43. The SMILES string of the molecule is CCCCC.CCOc1cc2c(OCC)cc1Cc1cc(OCC)c(cc1OCC)Cc1cc(OCC)c(cc1OCC)Cc1cc(OCC)c(cc1OCC)Cc1cc(OCC)c(cc1OCC)C2. The zero-order valence-electron chi connectivity index (χ0n) is 44.6. The lowest BCUT2D eigenvalue weighted by molar-refractivity contribution is 0.320. The highest BCUT2D eigenvalue weighted by Crippen LogP contribution is 2.43. The molecule has 0 atom stereocenters. The summed E-state index contributed by atoms with van der Waals surface area (Å²) in [5.74, 6) is 7.80. The molecule has 0 aliphatic heterocycles. The van der Waals surface area contributed by atoms with Crippen LogP contribution in [0, 0.1) is 0 Å². The summed E-state index contributed by atoms with van der Waals surface area (Å²) in [5.41, 5.74) is 9.81. The van der Waals surface area contributed by atoms with Crippen LogP contribution in [0.25, 0.3) is 0 Å². The lowest BCUT2D eigenvalue weighted by Crippen LogP contribution is -2.08. The molecule has 10 bridgehead atoms. The Kier molecular flexibility index (Phi) is 22.6. The van der Waals surface area contributed by atoms with E-state index in [1.165, 1.54) is 19.3 Å². The van der Waals surface area contributed by atoms with Crippen molar-refractivity contribution in [2.45, 2.75) is 134 Å². The van der Waals surface area contributed by atoms with Crippen molar-refractivity contribution >= 4 is 0 Å². The minimum atomic E-state index is 0.496. The van der Waals surface area contributed by atoms with Gasteiger partial charge in [-0.3, -0.25) is 0 Å². The molecule has 10 nitrogen and oxygen atoms in total. The second kappa shape index (κ2) is 28.7. The zero-order chi connectivity index (χ0) is 50.4. The van der Waals surface area contributed by atoms with E-state index in [0.29, 0.717) is 98.2 Å². The number of benzene rings is 5. The highest BCUT2D eigenvalue weighted by atomic mass is 16.5. The van der Waals surface area contributed by atoms with Gasteiger partial charge in [0.2, 0.25) is 0 Å². The minimum Gasteiger partial charge on any atom is -0.494 e. The Hall–Kier alpha value is -5.90. The quantitative estimate of drug-likeness (QED) is 0.0655. The summed E-state index contributed by atoms with van der Waals surface area (Å²) in [6, 6.07) is 21.2. The molecule has 10 aliphatic carbocycles. The van der Waals surface area contributed by atoms with E-state index in [4.69, 9.17) is 47.4 Å². The molecule has 10 aliphatic rings. The molecular formula is C60H82O10. The molecule has 0 saturated carbocycles. The lowest BCUT2D eigenvalue weighted by Gasteiger charge is -2.21. The van der Waals surface area contributed by atoms with E-state index in [0.717, 1.165) is 113 Å². The van der Waals surface area contributed by atoms with Gasteiger partial charge in [0.15, 0.2) is 0 Å². The fourth-order valence-corrected chi connectivity index (χ4v) is 8.88. The summed E-state index contributed by atoms with van der Waals surface area (Å²) in [7, 11) is 0. The van der Waals surface area contributed by atoms with Gasteiger partial charge in [-0.1, -0.05) is 33.1 Å². The van der Waals surface area contributed by atoms with Gasteiger partial charge in [0.05, 0.1) is 66.1 Å². The monoisotopic (exact) mass is 963 g/mol. The van der Waals surface area contributed by atoms with E-state index in [9.17, 15) is 0 Å². The first-order valence-electron chi connectivity index (χ1n) is 26.2. The van der Waals surface area contributed by atoms with Crippen molar-refractivity contribution in [1.29, 1.82) is 0 Å². The maximum absolute atomic E-state index is 6.43. The van der Waals surface area contributed by atoms with Crippen LogP contribution in [0.4, 0.5) is 0 Å². The first-order valence-corrected chi connectivity index (χ1v) is 26.2. The Bertz CT molecular complexity index is 1860. The van der Waals surface area contributed by atoms with Crippen LogP contribution < -0.4 is 47.4 Å². The fourth-order valence-electron chi connectivity index (χ4n) is 8.88. The van der Waals surface area contributed by atoms with Crippen molar-refractivity contribution in [3.8, 4) is 57.5 Å². The minimum absolute atomic E-state index is 0.496. The van der Waals surface area contributed by atoms with Gasteiger partial charge in [0.25, 0.3) is 0 Å². The van der Waals surface area contributed by atoms with Gasteiger partial charge in [-0.2, -0.15) is 0 Å². The molecule has 0 aromatic heterocycles. The Morgan fingerprint density at radius 2 is 0.329 bits per heavy atom. The molecule has 382 valence electrons. The van der Waals surface area contributed by atoms with Crippen molar-refractivity contribution in [3.05, 3.63) is 116 Å². The van der Waals surface area contributed by atoms with Crippen LogP contribution in [0.15, 0.2) is 60.7 Å². The first-order chi connectivity index (χ1) is 34.1. The zero-order valence-corrected chi connectivity index (χ0v) is 44.6. The Balaban J connectivity index is 0.00000173. The van der Waals surface area contributed by atoms with Gasteiger partial charge < -0.3 is 47.4 Å². The molecule has 0 fully saturated rings. The molecule has 0 unspecified atom stereocenters. The van der Waals surface area contributed by atoms with Gasteiger partial charge in [-0.05, 0) is 130 Å². The Morgan fingerprint density at radius 3 is 0.400 bits per heavy atom. The van der Waals surface area contributed by atoms with E-state index in [-0.39, 0.29) is 0 Å². The average Bonchev–Trinajstić information content (AvgIpc) is 3.33. The van der Waals surface area contributed by atoms with E-state index in [1.54, 1.807) is 0 Å². The molecule has 5 aromatic carbocycles. The summed E-state index contributed by atoms with van der Waals surface area (Å²) in [4.78, 5) is 0. The van der Waals surface area contributed by atoms with Crippen LogP contribution in [0.1, 0.15) is 158 Å². The Morgan fingerprint density at radius 1 is 0.214 bits per heavy atom. The second-order valence-electron chi connectivity index (χ2n) is 16.9. The first kappa shape index (κ1) is 55.0. The lowest BCUT2D eigenvalue weighted by atomic mass is 9.94. The standard InChI is InChI=1S/C55H70O10.C5H12/c1-11-56-46-26-37-22-39-29-51(61-16-6)41(31-50(39)60-15-5)24-43-33-55(65-20-10)45(35-54(43)64-19-9)25-44-34-52(62-17-7)42(32-53(44)63-18-8)23-40-30-48(58-13-3)38(28-49(40)59-14-4)21-36(46)27-47(37)57-12-2;1-3-5-4-2/h26-35H,11-25H2,1-10H3;3-5H2,1-2H3. The largest absolute Gasteiger partial charge is 0.494 e. The summed E-state index contributed by atoms with van der Waals surface area (Å²) in [6.45, 7) is 29.5. The fraction of sp³-hybridized carbons (Fsp3) is 0.500. The van der Waals surface area contributed by atoms with E-state index in [2.05, 4.69) is 74.5 Å². The number of ether oxygens (including phenoxy) is 10. The van der Waals surface area contributed by atoms with Crippen molar-refractivity contribution in [3.63, 3.8) is 0 Å². The molecule has 10 heteroatoms. The third kappa shape index (κ3) is 14.6. The number of hydrogen-bond donors (Lipinski definition) is 0. The smallest absolute Gasteiger partial charge is 0.123 e. The summed E-state index contributed by atoms with van der Waals surface area (Å²) in [6.07, 6.45) is 6.71. The summed E-state index contributed by atoms with van der Waals surface area (Å²) >= 11 is 0. The van der Waals surface area contributed by atoms with Crippen LogP contribution in [-0.4, -0.2) is 66.1 Å². The molecule has 5 aromatic rings. The summed E-state index contributed by atoms with van der Waals surface area (Å²) in [5, 5.41) is 0. The second-order valence-corrected chi connectivity index (χ2v) is 16.9. The van der Waals surface area contributed by atoms with Crippen LogP contribution >= 0.6 is 0 Å². The Labute approximate surface area is 420 Å². The molecule has 0 radical (unpaired) electrons. The maximum Gasteiger partial charge on any atom is 0.123 e. The van der Waals surface area contributed by atoms with Gasteiger partial charge in [-0.15, -0.1) is 0 Å². The van der Waals surface area contributed by atoms with Gasteiger partial charge >= 0.3 is 0 Å². The van der Waals surface area contributed by atoms with Crippen LogP contribution in [0.2, 0.25) is 0 Å². The van der Waals surface area contributed by atoms with E-state index < -0.39 is 0 Å². The molecule has 70 heavy (non-hydrogen) atoms. The van der Waals surface area contributed by atoms with Crippen molar-refractivity contribution in [1.82, 2.24) is 0 Å². The van der Waals surface area contributed by atoms with Crippen molar-refractivity contribution in [2.24, 2.45) is 0 Å². The molecule has 15 rings (SSSR count). The van der Waals surface area contributed by atoms with Crippen molar-refractivity contribution < 1.29 is 47.4 Å². The number of rotatable bonds is 22. The molecule has 0 spiro atoms. The van der Waals surface area contributed by atoms with Gasteiger partial charge in [-0.25, -0.2) is 0 Å². The average molecular weight is 963 g/mol. The summed E-state index contributed by atoms with van der Waals surface area (Å²) < 4.78 is 64.3. The van der Waals surface area contributed by atoms with E-state index >= 15 is 0 Å². The van der Waals surface area contributed by atoms with E-state index in [1.807, 2.05) is 69.2 Å². The number of unbranched alkanes of at least 4 members (excludes halogenated alkanes) is 2. The third-order valence-electron chi connectivity index (χ3n) is 11.8. The molecular weight excluding hydrogens is 881 g/mol. The molecule has 0 heterocycles. The van der Waals surface area contributed by atoms with Crippen LogP contribution in [0.3, 0.4) is 0 Å². The van der Waals surface area contributed by atoms with Gasteiger partial charge in [0, 0.05) is 87.7 Å². The predicted molar refractivity (Wildman–Crippen MR) is 283 cm³/mol.